The predicted octanol–water partition coefficient (Wildman–Crippen LogP) is 13.1. The van der Waals surface area contributed by atoms with Crippen molar-refractivity contribution >= 4 is 40.5 Å². The minimum Gasteiger partial charge on any atom is -0.741 e. The van der Waals surface area contributed by atoms with Gasteiger partial charge in [0.05, 0.1) is 71.0 Å². The van der Waals surface area contributed by atoms with Crippen LogP contribution in [0.15, 0.2) is 182 Å². The van der Waals surface area contributed by atoms with Gasteiger partial charge < -0.3 is 70.0 Å². The molecule has 0 amide bonds. The summed E-state index contributed by atoms with van der Waals surface area (Å²) < 4.78 is 203. The van der Waals surface area contributed by atoms with Gasteiger partial charge in [0.25, 0.3) is 0 Å². The smallest absolute Gasteiger partial charge is 0.522 e. The van der Waals surface area contributed by atoms with Crippen LogP contribution in [0.25, 0.3) is 0 Å². The molecule has 5 aliphatic rings. The van der Waals surface area contributed by atoms with Gasteiger partial charge in [0.15, 0.2) is 34.4 Å². The van der Waals surface area contributed by atoms with Crippen LogP contribution >= 0.6 is 0 Å². The van der Waals surface area contributed by atoms with E-state index in [9.17, 15) is 39.6 Å². The van der Waals surface area contributed by atoms with E-state index in [1.165, 1.54) is 26.6 Å². The van der Waals surface area contributed by atoms with Crippen molar-refractivity contribution < 1.29 is 122 Å². The number of hydrogen-bond donors (Lipinski definition) is 0. The molecule has 6 aromatic rings. The van der Waals surface area contributed by atoms with Gasteiger partial charge in [0.2, 0.25) is 8.32 Å². The van der Waals surface area contributed by atoms with Crippen molar-refractivity contribution in [3.05, 3.63) is 215 Å². The van der Waals surface area contributed by atoms with Crippen molar-refractivity contribution in [2.75, 3.05) is 0 Å². The molecule has 15 atom stereocenters. The molecule has 0 saturated carbocycles. The molecule has 6 aromatic carbocycles. The van der Waals surface area contributed by atoms with E-state index in [4.69, 9.17) is 79.0 Å². The Balaban J connectivity index is 0.000000191. The number of carbonyl (C=O) groups excluding carboxylic acids is 2. The van der Waals surface area contributed by atoms with E-state index in [1.54, 1.807) is 6.92 Å². The van der Waals surface area contributed by atoms with Crippen molar-refractivity contribution in [3.63, 3.8) is 0 Å². The second-order valence-corrected chi connectivity index (χ2v) is 33.5. The van der Waals surface area contributed by atoms with Crippen LogP contribution in [-0.2, 0) is 135 Å². The molecular weight excluding hydrogens is 1420 g/mol. The fourth-order valence-corrected chi connectivity index (χ4v) is 14.2. The summed E-state index contributed by atoms with van der Waals surface area (Å²) >= 11 is 0. The standard InChI is InChI=1S/2C23H28O5.C22H25O5.C4H9F3O3SSi.CHF3O3S/c1-16-19(24-14-17-10-6-4-7-11-17)20(25-15-18-12-8-5-9-13-18)21-22(26-16)28-23(2,3)27-21;1-16-21(25-14-19-10-6-4-7-11-19)23(22(17(2)27-16)28-18(3)24)26-15-20-12-8-5-9-13-20;1-15-19(23-13-17-9-5-3-6-10-17)20(21-22(25-15)27-16(2)26-21)24-14-18-11-7-4-8-12-18;1-12(2,3)10-11(8,9)4(5,6)7;2-1(3,4)8(5,6)7/h4-13,16,19-22H,14-15H2,1-3H3;4-13,16-17,21-23H,14-15H2,1-3H3;3-12,15,19-22H,13-14H2,1-2H3;1-3H3;(H,5,6,7)/q;;+1;;/p-1/t16?,19-,20-,21?,22+;16?,17-,21-,22?,23-;15?,19-,20-,21?,22+;;/m000../s1. The molecule has 6 unspecified atom stereocenters. The largest absolute Gasteiger partial charge is 0.741 e. The van der Waals surface area contributed by atoms with Crippen molar-refractivity contribution in [2.24, 2.45) is 0 Å². The molecule has 0 N–H and O–H groups in total. The van der Waals surface area contributed by atoms with Crippen molar-refractivity contribution in [2.45, 2.75) is 223 Å². The SMILES string of the molecule is CC(=O)OC1[C@H](C)OC(C)[C@H](OCc2ccccc2)[C@@H]1OCc1ccccc1.CC1=[O+][C@H]2OC(C)[C@H](OCc3ccccc3)[C@H](OCc3ccccc3)C2O1.CC1O[C@@H]2OC(C)(C)OC2[C@@H](OCc2ccccc2)[C@H]1OCc1ccccc1.C[Si](C)(C)OS(=O)(=O)C(F)(F)F.O=S(=O)([O-])C(F)(F)F. The van der Waals surface area contributed by atoms with E-state index in [0.29, 0.717) is 45.6 Å². The number of alkyl halides is 6. The number of halogens is 6. The average molecular weight is 1510 g/mol. The van der Waals surface area contributed by atoms with Crippen molar-refractivity contribution in [1.29, 1.82) is 0 Å². The minimum atomic E-state index is -6.09. The number of benzene rings is 6. The van der Waals surface area contributed by atoms with E-state index >= 15 is 0 Å². The zero-order chi connectivity index (χ0) is 75.3. The number of fused-ring (bicyclic) bond motifs is 2. The fraction of sp³-hybridized carbons (Fsp3) is 0.479. The van der Waals surface area contributed by atoms with E-state index in [0.717, 1.165) is 33.4 Å². The molecule has 0 bridgehead atoms. The summed E-state index contributed by atoms with van der Waals surface area (Å²) in [6, 6.07) is 60.3. The van der Waals surface area contributed by atoms with Crippen LogP contribution < -0.4 is 0 Å². The highest BCUT2D eigenvalue weighted by atomic mass is 32.2. The molecule has 5 aliphatic heterocycles. The highest BCUT2D eigenvalue weighted by Crippen LogP contribution is 2.40. The van der Waals surface area contributed by atoms with Gasteiger partial charge in [-0.2, -0.15) is 34.8 Å². The molecule has 30 heteroatoms. The Kier molecular flexibility index (Phi) is 31.0. The summed E-state index contributed by atoms with van der Waals surface area (Å²) in [6.07, 6.45) is -4.83. The maximum Gasteiger partial charge on any atom is 0.522 e. The number of rotatable bonds is 21. The van der Waals surface area contributed by atoms with E-state index in [1.807, 2.05) is 199 Å². The molecular formula is C73H90F6O21S2Si. The minimum absolute atomic E-state index is 0.176. The quantitative estimate of drug-likeness (QED) is 0.0162. The summed E-state index contributed by atoms with van der Waals surface area (Å²) in [4.78, 5) is 11.7. The number of carbonyl (C=O) groups is 1. The molecule has 5 heterocycles. The summed E-state index contributed by atoms with van der Waals surface area (Å²) in [7, 11) is -14.2. The average Bonchev–Trinajstić information content (AvgIpc) is 1.65. The van der Waals surface area contributed by atoms with Gasteiger partial charge in [-0.1, -0.05) is 182 Å². The van der Waals surface area contributed by atoms with Crippen LogP contribution in [0.3, 0.4) is 0 Å². The topological polar surface area (TPSA) is 249 Å². The number of ether oxygens (including phenoxy) is 13. The Bertz CT molecular complexity index is 3760. The highest BCUT2D eigenvalue weighted by molar-refractivity contribution is 7.88. The third-order valence-corrected chi connectivity index (χ3v) is 19.8. The lowest BCUT2D eigenvalue weighted by Gasteiger charge is -2.44. The first-order chi connectivity index (χ1) is 48.5. The predicted molar refractivity (Wildman–Crippen MR) is 365 cm³/mol. The zero-order valence-corrected chi connectivity index (χ0v) is 61.5. The Hall–Kier alpha value is -6.56. The Morgan fingerprint density at radius 2 is 0.767 bits per heavy atom. The molecule has 0 aliphatic carbocycles. The van der Waals surface area contributed by atoms with E-state index < -0.39 is 70.1 Å². The van der Waals surface area contributed by atoms with E-state index in [2.05, 4.69) is 28.1 Å². The van der Waals surface area contributed by atoms with Gasteiger partial charge in [-0.15, -0.1) is 0 Å². The molecule has 21 nitrogen and oxygen atoms in total. The summed E-state index contributed by atoms with van der Waals surface area (Å²) in [6.45, 7) is 21.7. The van der Waals surface area contributed by atoms with Crippen LogP contribution in [0.5, 0.6) is 0 Å². The maximum absolute atomic E-state index is 11.7. The van der Waals surface area contributed by atoms with Gasteiger partial charge in [-0.05, 0) is 94.6 Å². The normalized spacial score (nSPS) is 26.6. The molecule has 0 spiro atoms. The monoisotopic (exact) mass is 1510 g/mol. The molecule has 0 aromatic heterocycles. The van der Waals surface area contributed by atoms with Gasteiger partial charge in [-0.3, -0.25) is 9.22 Å². The number of esters is 2. The van der Waals surface area contributed by atoms with Crippen LogP contribution in [0.4, 0.5) is 26.3 Å². The van der Waals surface area contributed by atoms with Gasteiger partial charge in [0.1, 0.15) is 36.6 Å². The first-order valence-electron chi connectivity index (χ1n) is 33.1. The Morgan fingerprint density at radius 3 is 1.09 bits per heavy atom. The molecule has 0 radical (unpaired) electrons. The second kappa shape index (κ2) is 38.1. The Morgan fingerprint density at radius 1 is 0.466 bits per heavy atom. The van der Waals surface area contributed by atoms with Crippen LogP contribution in [0, 0.1) is 0 Å². The highest BCUT2D eigenvalue weighted by Gasteiger charge is 2.59. The van der Waals surface area contributed by atoms with Crippen molar-refractivity contribution in [3.8, 4) is 0 Å². The lowest BCUT2D eigenvalue weighted by molar-refractivity contribution is -0.570. The van der Waals surface area contributed by atoms with E-state index in [-0.39, 0.29) is 73.1 Å². The van der Waals surface area contributed by atoms with Gasteiger partial charge >= 0.3 is 45.5 Å². The van der Waals surface area contributed by atoms with Crippen LogP contribution in [0.1, 0.15) is 88.8 Å². The summed E-state index contributed by atoms with van der Waals surface area (Å²) in [5, 5.41) is 0. The third-order valence-electron chi connectivity index (χ3n) is 15.8. The van der Waals surface area contributed by atoms with Crippen LogP contribution in [0.2, 0.25) is 19.6 Å². The fourth-order valence-electron chi connectivity index (χ4n) is 11.2. The molecule has 566 valence electrons. The second-order valence-electron chi connectivity index (χ2n) is 25.9. The maximum atomic E-state index is 11.7. The Labute approximate surface area is 598 Å². The third kappa shape index (κ3) is 26.5. The molecule has 4 saturated heterocycles. The van der Waals surface area contributed by atoms with Crippen molar-refractivity contribution in [1.82, 2.24) is 0 Å². The first kappa shape index (κ1) is 83.7. The van der Waals surface area contributed by atoms with Gasteiger partial charge in [0, 0.05) is 6.92 Å². The summed E-state index contributed by atoms with van der Waals surface area (Å²) in [5.41, 5.74) is -4.40. The molecule has 4 fully saturated rings. The molecule has 103 heavy (non-hydrogen) atoms. The van der Waals surface area contributed by atoms with Gasteiger partial charge in [-0.25, -0.2) is 8.42 Å². The summed E-state index contributed by atoms with van der Waals surface area (Å²) in [5.74, 6) is -0.558. The molecule has 11 rings (SSSR count). The first-order valence-corrected chi connectivity index (χ1v) is 39.3. The number of hydrogen-bond acceptors (Lipinski definition) is 20. The van der Waals surface area contributed by atoms with Crippen LogP contribution in [-0.4, -0.2) is 150 Å². The lowest BCUT2D eigenvalue weighted by Crippen LogP contribution is -2.58. The zero-order valence-electron chi connectivity index (χ0n) is 58.9. The lowest BCUT2D eigenvalue weighted by atomic mass is 9.95.